The molecule has 140 valence electrons. The summed E-state index contributed by atoms with van der Waals surface area (Å²) >= 11 is 0. The third-order valence-corrected chi connectivity index (χ3v) is 4.61. The molecule has 4 heterocycles. The molecule has 4 rings (SSSR count). The van der Waals surface area contributed by atoms with Gasteiger partial charge in [0.2, 0.25) is 5.91 Å². The summed E-state index contributed by atoms with van der Waals surface area (Å²) < 4.78 is 32.3. The van der Waals surface area contributed by atoms with E-state index in [0.29, 0.717) is 36.0 Å². The molecule has 0 aromatic carbocycles. The van der Waals surface area contributed by atoms with Crippen LogP contribution in [0, 0.1) is 0 Å². The van der Waals surface area contributed by atoms with Crippen LogP contribution in [0.25, 0.3) is 22.2 Å². The van der Waals surface area contributed by atoms with Crippen LogP contribution in [0.1, 0.15) is 36.9 Å². The summed E-state index contributed by atoms with van der Waals surface area (Å²) in [6.07, 6.45) is 1.49. The molecule has 1 aliphatic rings. The molecule has 1 fully saturated rings. The Bertz CT molecular complexity index is 997. The van der Waals surface area contributed by atoms with Crippen molar-refractivity contribution in [2.75, 3.05) is 18.5 Å². The van der Waals surface area contributed by atoms with Crippen molar-refractivity contribution in [2.24, 2.45) is 0 Å². The number of nitrogens with zero attached hydrogens (tertiary/aromatic N) is 2. The van der Waals surface area contributed by atoms with Crippen molar-refractivity contribution >= 4 is 22.6 Å². The normalized spacial score (nSPS) is 17.0. The molecule has 1 amide bonds. The van der Waals surface area contributed by atoms with E-state index in [1.807, 2.05) is 0 Å². The lowest BCUT2D eigenvalue weighted by atomic mass is 10.0. The topological polar surface area (TPSA) is 79.9 Å². The molecular weight excluding hydrogens is 354 g/mol. The van der Waals surface area contributed by atoms with Gasteiger partial charge < -0.3 is 15.0 Å². The van der Waals surface area contributed by atoms with Gasteiger partial charge in [0, 0.05) is 47.9 Å². The number of amides is 1. The molecule has 1 saturated heterocycles. The van der Waals surface area contributed by atoms with Crippen molar-refractivity contribution in [1.29, 1.82) is 0 Å². The zero-order valence-electron chi connectivity index (χ0n) is 14.6. The Labute approximate surface area is 154 Å². The molecule has 0 spiro atoms. The monoisotopic (exact) mass is 372 g/mol. The molecule has 0 saturated carbocycles. The van der Waals surface area contributed by atoms with Gasteiger partial charge >= 0.3 is 0 Å². The number of H-pyrrole nitrogens is 1. The van der Waals surface area contributed by atoms with Gasteiger partial charge in [0.25, 0.3) is 6.43 Å². The second-order valence-corrected chi connectivity index (χ2v) is 6.57. The molecule has 1 unspecified atom stereocenters. The molecule has 0 bridgehead atoms. The number of hydrogen-bond acceptors (Lipinski definition) is 4. The van der Waals surface area contributed by atoms with E-state index in [2.05, 4.69) is 20.3 Å². The van der Waals surface area contributed by atoms with Crippen LogP contribution in [0.5, 0.6) is 0 Å². The molecule has 6 nitrogen and oxygen atoms in total. The number of aromatic nitrogens is 3. The van der Waals surface area contributed by atoms with Gasteiger partial charge in [0.05, 0.1) is 24.0 Å². The maximum absolute atomic E-state index is 13.5. The Hall–Kier alpha value is -2.87. The van der Waals surface area contributed by atoms with Crippen molar-refractivity contribution < 1.29 is 18.3 Å². The van der Waals surface area contributed by atoms with Gasteiger partial charge in [-0.05, 0) is 24.6 Å². The van der Waals surface area contributed by atoms with Crippen LogP contribution in [0.15, 0.2) is 30.6 Å². The van der Waals surface area contributed by atoms with Gasteiger partial charge in [-0.15, -0.1) is 0 Å². The lowest BCUT2D eigenvalue weighted by molar-refractivity contribution is -0.114. The molecule has 27 heavy (non-hydrogen) atoms. The van der Waals surface area contributed by atoms with Gasteiger partial charge in [-0.3, -0.25) is 9.78 Å². The van der Waals surface area contributed by atoms with Crippen molar-refractivity contribution in [3.63, 3.8) is 0 Å². The number of nitrogens with one attached hydrogen (secondary N) is 2. The molecule has 3 aromatic rings. The van der Waals surface area contributed by atoms with E-state index < -0.39 is 6.43 Å². The average molecular weight is 372 g/mol. The minimum absolute atomic E-state index is 0.0178. The third-order valence-electron chi connectivity index (χ3n) is 4.61. The van der Waals surface area contributed by atoms with E-state index in [0.717, 1.165) is 17.3 Å². The molecule has 1 aliphatic heterocycles. The summed E-state index contributed by atoms with van der Waals surface area (Å²) in [4.78, 5) is 23.2. The van der Waals surface area contributed by atoms with E-state index in [4.69, 9.17) is 4.74 Å². The molecule has 0 radical (unpaired) electrons. The first kappa shape index (κ1) is 17.5. The first-order valence-corrected chi connectivity index (χ1v) is 8.64. The average Bonchev–Trinajstić information content (AvgIpc) is 3.30. The number of hydrogen-bond donors (Lipinski definition) is 2. The largest absolute Gasteiger partial charge is 0.381 e. The number of ether oxygens (including phenoxy) is 1. The van der Waals surface area contributed by atoms with Crippen LogP contribution >= 0.6 is 0 Å². The number of alkyl halides is 2. The summed E-state index contributed by atoms with van der Waals surface area (Å²) in [7, 11) is 0. The van der Waals surface area contributed by atoms with Gasteiger partial charge in [-0.2, -0.15) is 0 Å². The fourth-order valence-corrected chi connectivity index (χ4v) is 3.30. The number of pyridine rings is 2. The number of aromatic amines is 1. The van der Waals surface area contributed by atoms with E-state index in [1.54, 1.807) is 18.5 Å². The Morgan fingerprint density at radius 1 is 1.37 bits per heavy atom. The van der Waals surface area contributed by atoms with Crippen LogP contribution in [0.2, 0.25) is 0 Å². The highest BCUT2D eigenvalue weighted by Crippen LogP contribution is 2.34. The zero-order chi connectivity index (χ0) is 19.0. The number of halogens is 2. The standard InChI is InChI=1S/C19H18F2N4O2/c1-10(26)24-18-6-13-14(7-22-17(13)8-23-18)16-5-12(19(20)21)4-15(25-16)11-2-3-27-9-11/h4-8,11,19,22H,2-3,9H2,1H3,(H,23,24,26). The van der Waals surface area contributed by atoms with E-state index in [9.17, 15) is 13.6 Å². The number of carbonyl (C=O) groups excluding carboxylic acids is 1. The quantitative estimate of drug-likeness (QED) is 0.725. The summed E-state index contributed by atoms with van der Waals surface area (Å²) in [5.74, 6) is 0.176. The SMILES string of the molecule is CC(=O)Nc1cc2c(-c3cc(C(F)F)cc(C4CCOC4)n3)c[nH]c2cn1. The number of fused-ring (bicyclic) bond motifs is 1. The number of anilines is 1. The maximum Gasteiger partial charge on any atom is 0.263 e. The van der Waals surface area contributed by atoms with Crippen molar-refractivity contribution in [3.05, 3.63) is 41.9 Å². The van der Waals surface area contributed by atoms with Crippen LogP contribution < -0.4 is 5.32 Å². The van der Waals surface area contributed by atoms with Gasteiger partial charge in [0.15, 0.2) is 0 Å². The summed E-state index contributed by atoms with van der Waals surface area (Å²) in [6.45, 7) is 2.50. The van der Waals surface area contributed by atoms with Crippen LogP contribution in [-0.4, -0.2) is 34.1 Å². The van der Waals surface area contributed by atoms with E-state index in [-0.39, 0.29) is 17.4 Å². The molecule has 3 aromatic heterocycles. The maximum atomic E-state index is 13.5. The second kappa shape index (κ2) is 7.03. The smallest absolute Gasteiger partial charge is 0.263 e. The van der Waals surface area contributed by atoms with E-state index >= 15 is 0 Å². The van der Waals surface area contributed by atoms with Crippen LogP contribution in [0.4, 0.5) is 14.6 Å². The van der Waals surface area contributed by atoms with Crippen LogP contribution in [0.3, 0.4) is 0 Å². The first-order valence-electron chi connectivity index (χ1n) is 8.64. The van der Waals surface area contributed by atoms with Gasteiger partial charge in [-0.1, -0.05) is 0 Å². The highest BCUT2D eigenvalue weighted by Gasteiger charge is 2.23. The zero-order valence-corrected chi connectivity index (χ0v) is 14.6. The van der Waals surface area contributed by atoms with Crippen LogP contribution in [-0.2, 0) is 9.53 Å². The summed E-state index contributed by atoms with van der Waals surface area (Å²) in [6, 6.07) is 4.58. The summed E-state index contributed by atoms with van der Waals surface area (Å²) in [5.41, 5.74) is 2.43. The van der Waals surface area contributed by atoms with Crippen molar-refractivity contribution in [1.82, 2.24) is 15.0 Å². The Morgan fingerprint density at radius 2 is 2.22 bits per heavy atom. The highest BCUT2D eigenvalue weighted by molar-refractivity contribution is 5.97. The lowest BCUT2D eigenvalue weighted by Gasteiger charge is -2.12. The molecule has 8 heteroatoms. The van der Waals surface area contributed by atoms with Gasteiger partial charge in [-0.25, -0.2) is 13.8 Å². The second-order valence-electron chi connectivity index (χ2n) is 6.57. The predicted octanol–water partition coefficient (Wildman–Crippen LogP) is 4.02. The number of rotatable bonds is 4. The Kier molecular flexibility index (Phi) is 4.57. The molecular formula is C19H18F2N4O2. The fraction of sp³-hybridized carbons (Fsp3) is 0.316. The minimum atomic E-state index is -2.59. The summed E-state index contributed by atoms with van der Waals surface area (Å²) in [5, 5.41) is 3.38. The molecule has 0 aliphatic carbocycles. The molecule has 2 N–H and O–H groups in total. The third kappa shape index (κ3) is 3.52. The minimum Gasteiger partial charge on any atom is -0.381 e. The Balaban J connectivity index is 1.83. The van der Waals surface area contributed by atoms with Crippen molar-refractivity contribution in [2.45, 2.75) is 25.7 Å². The Morgan fingerprint density at radius 3 is 2.93 bits per heavy atom. The predicted molar refractivity (Wildman–Crippen MR) is 96.8 cm³/mol. The van der Waals surface area contributed by atoms with Gasteiger partial charge in [0.1, 0.15) is 5.82 Å². The lowest BCUT2D eigenvalue weighted by Crippen LogP contribution is -2.07. The molecule has 1 atom stereocenters. The fourth-order valence-electron chi connectivity index (χ4n) is 3.30. The van der Waals surface area contributed by atoms with E-state index in [1.165, 1.54) is 19.1 Å². The first-order chi connectivity index (χ1) is 13.0. The highest BCUT2D eigenvalue weighted by atomic mass is 19.3. The number of carbonyl (C=O) groups is 1. The van der Waals surface area contributed by atoms with Crippen molar-refractivity contribution in [3.8, 4) is 11.3 Å².